The molecule has 0 atom stereocenters. The predicted octanol–water partition coefficient (Wildman–Crippen LogP) is 1.91. The molecule has 1 fully saturated rings. The van der Waals surface area contributed by atoms with Crippen LogP contribution in [0.3, 0.4) is 0 Å². The van der Waals surface area contributed by atoms with Gasteiger partial charge >= 0.3 is 0 Å². The van der Waals surface area contributed by atoms with Crippen molar-refractivity contribution >= 4 is 29.9 Å². The van der Waals surface area contributed by atoms with E-state index >= 15 is 0 Å². The highest BCUT2D eigenvalue weighted by Gasteiger charge is 2.16. The molecule has 0 spiro atoms. The number of likely N-dealkylation sites (tertiary alicyclic amines) is 1. The number of guanidine groups is 1. The fourth-order valence-corrected chi connectivity index (χ4v) is 2.11. The number of unbranched alkanes of at least 4 members (excludes halogenated alkanes) is 1. The third kappa shape index (κ3) is 7.41. The minimum Gasteiger partial charge on any atom is -0.356 e. The normalized spacial score (nSPS) is 18.3. The van der Waals surface area contributed by atoms with Gasteiger partial charge < -0.3 is 15.5 Å². The van der Waals surface area contributed by atoms with E-state index in [1.54, 1.807) is 0 Å². The van der Waals surface area contributed by atoms with Gasteiger partial charge in [-0.15, -0.1) is 24.0 Å². The Bertz CT molecular complexity index is 225. The Hall–Kier alpha value is -0.0400. The van der Waals surface area contributed by atoms with E-state index in [1.807, 2.05) is 7.05 Å². The van der Waals surface area contributed by atoms with Crippen LogP contribution in [0.5, 0.6) is 0 Å². The van der Waals surface area contributed by atoms with Crippen molar-refractivity contribution in [2.24, 2.45) is 10.9 Å². The van der Waals surface area contributed by atoms with Crippen LogP contribution in [0.4, 0.5) is 0 Å². The summed E-state index contributed by atoms with van der Waals surface area (Å²) in [5.74, 6) is 1.76. The van der Waals surface area contributed by atoms with E-state index in [2.05, 4.69) is 34.5 Å². The molecule has 0 radical (unpaired) electrons. The fourth-order valence-electron chi connectivity index (χ4n) is 2.11. The minimum atomic E-state index is 0. The number of halogens is 1. The summed E-state index contributed by atoms with van der Waals surface area (Å²) in [5, 5.41) is 6.78. The summed E-state index contributed by atoms with van der Waals surface area (Å²) in [6.45, 7) is 6.74. The average molecular weight is 368 g/mol. The first-order valence-electron chi connectivity index (χ1n) is 6.89. The van der Waals surface area contributed by atoms with Crippen molar-refractivity contribution in [1.29, 1.82) is 0 Å². The second kappa shape index (κ2) is 10.8. The lowest BCUT2D eigenvalue weighted by Gasteiger charge is -2.29. The summed E-state index contributed by atoms with van der Waals surface area (Å²) in [6, 6.07) is 0. The van der Waals surface area contributed by atoms with Crippen LogP contribution in [-0.2, 0) is 0 Å². The zero-order valence-electron chi connectivity index (χ0n) is 12.0. The van der Waals surface area contributed by atoms with Crippen molar-refractivity contribution in [3.05, 3.63) is 0 Å². The Balaban J connectivity index is 0.00000289. The van der Waals surface area contributed by atoms with Gasteiger partial charge in [0.2, 0.25) is 0 Å². The molecule has 5 heteroatoms. The number of nitrogens with zero attached hydrogens (tertiary/aromatic N) is 2. The Labute approximate surface area is 129 Å². The van der Waals surface area contributed by atoms with E-state index in [1.165, 1.54) is 38.8 Å². The molecule has 1 saturated heterocycles. The summed E-state index contributed by atoms with van der Waals surface area (Å²) in [6.07, 6.45) is 5.03. The molecule has 0 amide bonds. The SMILES string of the molecule is CCCCNC(=NC)NCC1CCN(C)CC1.I. The summed E-state index contributed by atoms with van der Waals surface area (Å²) in [5.41, 5.74) is 0. The average Bonchev–Trinajstić information content (AvgIpc) is 2.35. The molecule has 1 heterocycles. The molecule has 18 heavy (non-hydrogen) atoms. The van der Waals surface area contributed by atoms with Crippen molar-refractivity contribution in [2.45, 2.75) is 32.6 Å². The molecule has 1 aliphatic heterocycles. The van der Waals surface area contributed by atoms with Crippen molar-refractivity contribution in [1.82, 2.24) is 15.5 Å². The van der Waals surface area contributed by atoms with Crippen LogP contribution in [0, 0.1) is 5.92 Å². The van der Waals surface area contributed by atoms with Crippen LogP contribution in [-0.4, -0.2) is 51.1 Å². The quantitative estimate of drug-likeness (QED) is 0.337. The van der Waals surface area contributed by atoms with Crippen LogP contribution < -0.4 is 10.6 Å². The lowest BCUT2D eigenvalue weighted by Crippen LogP contribution is -2.42. The molecule has 2 N–H and O–H groups in total. The van der Waals surface area contributed by atoms with Gasteiger partial charge in [0.05, 0.1) is 0 Å². The topological polar surface area (TPSA) is 39.7 Å². The number of piperidine rings is 1. The first kappa shape index (κ1) is 18.0. The van der Waals surface area contributed by atoms with E-state index in [4.69, 9.17) is 0 Å². The van der Waals surface area contributed by atoms with Gasteiger partial charge in [-0.3, -0.25) is 4.99 Å². The second-order valence-corrected chi connectivity index (χ2v) is 4.98. The molecular weight excluding hydrogens is 339 g/mol. The lowest BCUT2D eigenvalue weighted by atomic mass is 9.97. The molecule has 4 nitrogen and oxygen atoms in total. The van der Waals surface area contributed by atoms with Crippen molar-refractivity contribution in [3.8, 4) is 0 Å². The summed E-state index contributed by atoms with van der Waals surface area (Å²) in [7, 11) is 4.05. The fraction of sp³-hybridized carbons (Fsp3) is 0.923. The number of hydrogen-bond donors (Lipinski definition) is 2. The number of hydrogen-bond acceptors (Lipinski definition) is 2. The maximum absolute atomic E-state index is 4.24. The van der Waals surface area contributed by atoms with E-state index in [-0.39, 0.29) is 24.0 Å². The number of nitrogens with one attached hydrogen (secondary N) is 2. The largest absolute Gasteiger partial charge is 0.356 e. The van der Waals surface area contributed by atoms with Crippen LogP contribution in [0.15, 0.2) is 4.99 Å². The molecule has 0 aromatic rings. The van der Waals surface area contributed by atoms with Gasteiger partial charge in [-0.05, 0) is 45.3 Å². The van der Waals surface area contributed by atoms with Crippen LogP contribution >= 0.6 is 24.0 Å². The van der Waals surface area contributed by atoms with Gasteiger partial charge in [-0.1, -0.05) is 13.3 Å². The van der Waals surface area contributed by atoms with E-state index < -0.39 is 0 Å². The van der Waals surface area contributed by atoms with E-state index in [0.717, 1.165) is 25.0 Å². The first-order chi connectivity index (χ1) is 8.26. The van der Waals surface area contributed by atoms with Crippen molar-refractivity contribution in [3.63, 3.8) is 0 Å². The predicted molar refractivity (Wildman–Crippen MR) is 89.9 cm³/mol. The number of aliphatic imine (C=N–C) groups is 1. The van der Waals surface area contributed by atoms with Crippen LogP contribution in [0.2, 0.25) is 0 Å². The minimum absolute atomic E-state index is 0. The molecule has 0 aromatic carbocycles. The monoisotopic (exact) mass is 368 g/mol. The van der Waals surface area contributed by atoms with Crippen molar-refractivity contribution in [2.75, 3.05) is 40.3 Å². The zero-order chi connectivity index (χ0) is 12.5. The molecular formula is C13H29IN4. The maximum atomic E-state index is 4.24. The highest BCUT2D eigenvalue weighted by Crippen LogP contribution is 2.14. The third-order valence-electron chi connectivity index (χ3n) is 3.44. The van der Waals surface area contributed by atoms with Gasteiger partial charge in [0.25, 0.3) is 0 Å². The van der Waals surface area contributed by atoms with E-state index in [0.29, 0.717) is 0 Å². The Morgan fingerprint density at radius 2 is 1.94 bits per heavy atom. The summed E-state index contributed by atoms with van der Waals surface area (Å²) in [4.78, 5) is 6.65. The van der Waals surface area contributed by atoms with Gasteiger partial charge in [0.15, 0.2) is 5.96 Å². The van der Waals surface area contributed by atoms with Crippen LogP contribution in [0.25, 0.3) is 0 Å². The highest BCUT2D eigenvalue weighted by molar-refractivity contribution is 14.0. The van der Waals surface area contributed by atoms with Gasteiger partial charge in [-0.2, -0.15) is 0 Å². The second-order valence-electron chi connectivity index (χ2n) is 4.98. The molecule has 108 valence electrons. The Kier molecular flexibility index (Phi) is 10.8. The standard InChI is InChI=1S/C13H28N4.HI/c1-4-5-8-15-13(14-2)16-11-12-6-9-17(3)10-7-12;/h12H,4-11H2,1-3H3,(H2,14,15,16);1H. The smallest absolute Gasteiger partial charge is 0.190 e. The lowest BCUT2D eigenvalue weighted by molar-refractivity contribution is 0.220. The molecule has 0 aliphatic carbocycles. The molecule has 0 saturated carbocycles. The van der Waals surface area contributed by atoms with Gasteiger partial charge in [-0.25, -0.2) is 0 Å². The molecule has 1 aliphatic rings. The molecule has 0 aromatic heterocycles. The molecule has 0 unspecified atom stereocenters. The number of rotatable bonds is 5. The van der Waals surface area contributed by atoms with E-state index in [9.17, 15) is 0 Å². The van der Waals surface area contributed by atoms with Gasteiger partial charge in [0.1, 0.15) is 0 Å². The molecule has 0 bridgehead atoms. The third-order valence-corrected chi connectivity index (χ3v) is 3.44. The molecule has 1 rings (SSSR count). The Morgan fingerprint density at radius 3 is 2.50 bits per heavy atom. The Morgan fingerprint density at radius 1 is 1.28 bits per heavy atom. The van der Waals surface area contributed by atoms with Crippen LogP contribution in [0.1, 0.15) is 32.6 Å². The summed E-state index contributed by atoms with van der Waals surface area (Å²) < 4.78 is 0. The zero-order valence-corrected chi connectivity index (χ0v) is 14.4. The first-order valence-corrected chi connectivity index (χ1v) is 6.89. The maximum Gasteiger partial charge on any atom is 0.190 e. The van der Waals surface area contributed by atoms with Crippen molar-refractivity contribution < 1.29 is 0 Å². The summed E-state index contributed by atoms with van der Waals surface area (Å²) >= 11 is 0. The highest BCUT2D eigenvalue weighted by atomic mass is 127. The van der Waals surface area contributed by atoms with Gasteiger partial charge in [0, 0.05) is 20.1 Å².